The van der Waals surface area contributed by atoms with Gasteiger partial charge >= 0.3 is 5.97 Å². The van der Waals surface area contributed by atoms with Gasteiger partial charge in [0.2, 0.25) is 0 Å². The van der Waals surface area contributed by atoms with Crippen LogP contribution in [0.1, 0.15) is 50.3 Å². The molecule has 1 fully saturated rings. The van der Waals surface area contributed by atoms with Crippen molar-refractivity contribution in [3.8, 4) is 32.8 Å². The minimum absolute atomic E-state index is 0.00249. The maximum atomic E-state index is 11.3. The number of nitrogens with zero attached hydrogens (tertiary/aromatic N) is 3. The summed E-state index contributed by atoms with van der Waals surface area (Å²) in [6, 6.07) is 14.3. The van der Waals surface area contributed by atoms with Crippen molar-refractivity contribution in [3.63, 3.8) is 0 Å². The van der Waals surface area contributed by atoms with Crippen LogP contribution in [0.4, 0.5) is 0 Å². The summed E-state index contributed by atoms with van der Waals surface area (Å²) in [5, 5.41) is 19.7. The Morgan fingerprint density at radius 1 is 1.29 bits per heavy atom. The molecule has 0 saturated carbocycles. The smallest absolute Gasteiger partial charge is 0.306 e. The molecule has 2 heterocycles. The van der Waals surface area contributed by atoms with Gasteiger partial charge in [0, 0.05) is 18.3 Å². The quantitative estimate of drug-likeness (QED) is 0.418. The number of piperidine rings is 1. The van der Waals surface area contributed by atoms with E-state index in [9.17, 15) is 15.2 Å². The van der Waals surface area contributed by atoms with E-state index in [0.29, 0.717) is 24.2 Å². The standard InChI is InChI=1S/C28H31N3O3S/c1-4-23-21(17-31-12-10-19(11-13-31)28(32)33)6-5-7-24(23)26-16-30-27(35-26)20-8-9-25(34-18(2)3)22(14-20)15-29/h5-9,14,16,18-19H,4,10-13,17H2,1-3H3,(H,32,33). The number of carbonyl (C=O) groups is 1. The van der Waals surface area contributed by atoms with E-state index >= 15 is 0 Å². The predicted octanol–water partition coefficient (Wildman–Crippen LogP) is 5.99. The maximum absolute atomic E-state index is 11.3. The number of ether oxygens (including phenoxy) is 1. The number of hydrogen-bond acceptors (Lipinski definition) is 6. The number of hydrogen-bond donors (Lipinski definition) is 1. The molecule has 1 aromatic heterocycles. The molecule has 182 valence electrons. The largest absolute Gasteiger partial charge is 0.490 e. The molecule has 1 aliphatic rings. The lowest BCUT2D eigenvalue weighted by Crippen LogP contribution is -2.36. The van der Waals surface area contributed by atoms with Gasteiger partial charge in [-0.25, -0.2) is 4.98 Å². The number of aliphatic carboxylic acids is 1. The minimum atomic E-state index is -0.675. The fraction of sp³-hybridized carbons (Fsp3) is 0.393. The number of rotatable bonds is 8. The Morgan fingerprint density at radius 3 is 2.71 bits per heavy atom. The molecule has 3 aromatic rings. The number of benzene rings is 2. The highest BCUT2D eigenvalue weighted by molar-refractivity contribution is 7.18. The molecule has 4 rings (SSSR count). The van der Waals surface area contributed by atoms with Crippen LogP contribution < -0.4 is 4.74 Å². The molecule has 0 amide bonds. The summed E-state index contributed by atoms with van der Waals surface area (Å²) < 4.78 is 5.75. The average molecular weight is 490 g/mol. The Labute approximate surface area is 210 Å². The van der Waals surface area contributed by atoms with Crippen molar-refractivity contribution < 1.29 is 14.6 Å². The van der Waals surface area contributed by atoms with Crippen LogP contribution in [0.15, 0.2) is 42.6 Å². The zero-order valence-corrected chi connectivity index (χ0v) is 21.3. The van der Waals surface area contributed by atoms with Crippen LogP contribution in [0.5, 0.6) is 5.75 Å². The fourth-order valence-electron chi connectivity index (χ4n) is 4.65. The van der Waals surface area contributed by atoms with Gasteiger partial charge < -0.3 is 9.84 Å². The Morgan fingerprint density at radius 2 is 2.06 bits per heavy atom. The van der Waals surface area contributed by atoms with E-state index in [1.807, 2.05) is 38.2 Å². The van der Waals surface area contributed by atoms with Crippen molar-refractivity contribution in [2.24, 2.45) is 5.92 Å². The first-order valence-corrected chi connectivity index (χ1v) is 12.9. The van der Waals surface area contributed by atoms with Gasteiger partial charge in [0.25, 0.3) is 0 Å². The monoisotopic (exact) mass is 489 g/mol. The molecule has 1 aliphatic heterocycles. The van der Waals surface area contributed by atoms with Crippen molar-refractivity contribution in [1.82, 2.24) is 9.88 Å². The molecule has 6 nitrogen and oxygen atoms in total. The summed E-state index contributed by atoms with van der Waals surface area (Å²) in [5.41, 5.74) is 5.20. The van der Waals surface area contributed by atoms with Crippen molar-refractivity contribution >= 4 is 17.3 Å². The van der Waals surface area contributed by atoms with Crippen molar-refractivity contribution in [3.05, 3.63) is 59.3 Å². The normalized spacial score (nSPS) is 14.7. The van der Waals surface area contributed by atoms with Gasteiger partial charge in [-0.1, -0.05) is 25.1 Å². The van der Waals surface area contributed by atoms with Gasteiger partial charge in [0.15, 0.2) is 0 Å². The first-order valence-electron chi connectivity index (χ1n) is 12.1. The van der Waals surface area contributed by atoms with Crippen LogP contribution in [-0.4, -0.2) is 40.2 Å². The third-order valence-corrected chi connectivity index (χ3v) is 7.52. The van der Waals surface area contributed by atoms with Gasteiger partial charge in [-0.2, -0.15) is 5.26 Å². The second kappa shape index (κ2) is 11.0. The zero-order chi connectivity index (χ0) is 24.9. The topological polar surface area (TPSA) is 86.5 Å². The lowest BCUT2D eigenvalue weighted by molar-refractivity contribution is -0.143. The number of nitriles is 1. The number of carboxylic acid groups (broad SMARTS) is 1. The first kappa shape index (κ1) is 24.9. The lowest BCUT2D eigenvalue weighted by atomic mass is 9.94. The van der Waals surface area contributed by atoms with Gasteiger partial charge in [0.1, 0.15) is 16.8 Å². The molecule has 0 atom stereocenters. The number of aromatic nitrogens is 1. The molecule has 0 aliphatic carbocycles. The van der Waals surface area contributed by atoms with Gasteiger partial charge in [0.05, 0.1) is 22.5 Å². The molecule has 0 bridgehead atoms. The molecule has 1 saturated heterocycles. The van der Waals surface area contributed by atoms with Crippen LogP contribution in [-0.2, 0) is 17.8 Å². The molecule has 1 N–H and O–H groups in total. The lowest BCUT2D eigenvalue weighted by Gasteiger charge is -2.30. The van der Waals surface area contributed by atoms with Crippen molar-refractivity contribution in [1.29, 1.82) is 5.26 Å². The minimum Gasteiger partial charge on any atom is -0.490 e. The van der Waals surface area contributed by atoms with E-state index in [1.165, 1.54) is 16.7 Å². The van der Waals surface area contributed by atoms with Crippen LogP contribution in [0.25, 0.3) is 21.0 Å². The Bertz CT molecular complexity index is 1240. The molecular weight excluding hydrogens is 458 g/mol. The van der Waals surface area contributed by atoms with Gasteiger partial charge in [-0.05, 0) is 81.1 Å². The van der Waals surface area contributed by atoms with Crippen molar-refractivity contribution in [2.45, 2.75) is 52.7 Å². The number of thiazole rings is 1. The summed E-state index contributed by atoms with van der Waals surface area (Å²) in [4.78, 5) is 19.4. The number of likely N-dealkylation sites (tertiary alicyclic amines) is 1. The molecule has 2 aromatic carbocycles. The zero-order valence-electron chi connectivity index (χ0n) is 20.5. The Balaban J connectivity index is 1.57. The van der Waals surface area contributed by atoms with Crippen molar-refractivity contribution in [2.75, 3.05) is 13.1 Å². The third-order valence-electron chi connectivity index (χ3n) is 6.44. The second-order valence-corrected chi connectivity index (χ2v) is 10.2. The highest BCUT2D eigenvalue weighted by Crippen LogP contribution is 2.37. The van der Waals surface area contributed by atoms with Crippen LogP contribution in [0.3, 0.4) is 0 Å². The van der Waals surface area contributed by atoms with E-state index < -0.39 is 5.97 Å². The van der Waals surface area contributed by atoms with Crippen LogP contribution in [0, 0.1) is 17.2 Å². The van der Waals surface area contributed by atoms with Gasteiger partial charge in [-0.3, -0.25) is 9.69 Å². The first-order chi connectivity index (χ1) is 16.9. The molecule has 35 heavy (non-hydrogen) atoms. The molecule has 0 radical (unpaired) electrons. The summed E-state index contributed by atoms with van der Waals surface area (Å²) >= 11 is 1.63. The SMILES string of the molecule is CCc1c(CN2CCC(C(=O)O)CC2)cccc1-c1cnc(-c2ccc(OC(C)C)c(C#N)c2)s1. The van der Waals surface area contributed by atoms with E-state index in [1.54, 1.807) is 11.3 Å². The third kappa shape index (κ3) is 5.72. The van der Waals surface area contributed by atoms with E-state index in [4.69, 9.17) is 4.74 Å². The summed E-state index contributed by atoms with van der Waals surface area (Å²) in [6.45, 7) is 8.52. The van der Waals surface area contributed by atoms with E-state index in [0.717, 1.165) is 41.5 Å². The Kier molecular flexibility index (Phi) is 7.84. The molecule has 0 unspecified atom stereocenters. The summed E-state index contributed by atoms with van der Waals surface area (Å²) in [5.74, 6) is -0.298. The van der Waals surface area contributed by atoms with Crippen LogP contribution >= 0.6 is 11.3 Å². The van der Waals surface area contributed by atoms with E-state index in [2.05, 4.69) is 41.1 Å². The molecule has 0 spiro atoms. The summed E-state index contributed by atoms with van der Waals surface area (Å²) in [6.07, 6.45) is 4.24. The second-order valence-electron chi connectivity index (χ2n) is 9.20. The highest BCUT2D eigenvalue weighted by atomic mass is 32.1. The Hall–Kier alpha value is -3.21. The highest BCUT2D eigenvalue weighted by Gasteiger charge is 2.25. The van der Waals surface area contributed by atoms with Gasteiger partial charge in [-0.15, -0.1) is 11.3 Å². The molecule has 7 heteroatoms. The average Bonchev–Trinajstić information content (AvgIpc) is 3.34. The summed E-state index contributed by atoms with van der Waals surface area (Å²) in [7, 11) is 0. The van der Waals surface area contributed by atoms with Crippen LogP contribution in [0.2, 0.25) is 0 Å². The number of carboxylic acids is 1. The molecular formula is C28H31N3O3S. The fourth-order valence-corrected chi connectivity index (χ4v) is 5.61. The van der Waals surface area contributed by atoms with E-state index in [-0.39, 0.29) is 12.0 Å². The predicted molar refractivity (Wildman–Crippen MR) is 138 cm³/mol. The maximum Gasteiger partial charge on any atom is 0.306 e.